The van der Waals surface area contributed by atoms with Crippen LogP contribution in [0.2, 0.25) is 0 Å². The monoisotopic (exact) mass is 293 g/mol. The summed E-state index contributed by atoms with van der Waals surface area (Å²) >= 11 is 0. The molecule has 118 valence electrons. The van der Waals surface area contributed by atoms with E-state index in [1.54, 1.807) is 4.90 Å². The van der Waals surface area contributed by atoms with E-state index in [4.69, 9.17) is 9.84 Å². The lowest BCUT2D eigenvalue weighted by atomic mass is 10.1. The van der Waals surface area contributed by atoms with Gasteiger partial charge in [-0.05, 0) is 49.9 Å². The van der Waals surface area contributed by atoms with Gasteiger partial charge >= 0.3 is 0 Å². The minimum absolute atomic E-state index is 0.0133. The van der Waals surface area contributed by atoms with Gasteiger partial charge in [-0.15, -0.1) is 0 Å². The lowest BCUT2D eigenvalue weighted by molar-refractivity contribution is -0.136. The molecule has 0 saturated carbocycles. The molecule has 21 heavy (non-hydrogen) atoms. The lowest BCUT2D eigenvalue weighted by Gasteiger charge is -2.30. The quantitative estimate of drug-likeness (QED) is 0.801. The Morgan fingerprint density at radius 2 is 1.76 bits per heavy atom. The van der Waals surface area contributed by atoms with Gasteiger partial charge in [-0.3, -0.25) is 4.79 Å². The minimum atomic E-state index is -0.0723. The lowest BCUT2D eigenvalue weighted by Crippen LogP contribution is -2.44. The normalized spacial score (nSPS) is 10.8. The molecule has 1 rings (SSSR count). The van der Waals surface area contributed by atoms with Gasteiger partial charge in [0.05, 0.1) is 6.61 Å². The first kappa shape index (κ1) is 17.5. The molecule has 1 N–H and O–H groups in total. The smallest absolute Gasteiger partial charge is 0.260 e. The summed E-state index contributed by atoms with van der Waals surface area (Å²) in [5.74, 6) is 0.645. The molecular formula is C17H27NO3. The number of carbonyl (C=O) groups excluding carboxylic acids is 1. The van der Waals surface area contributed by atoms with Crippen molar-refractivity contribution < 1.29 is 14.6 Å². The van der Waals surface area contributed by atoms with Crippen molar-refractivity contribution in [2.24, 2.45) is 0 Å². The van der Waals surface area contributed by atoms with Crippen LogP contribution in [0.1, 0.15) is 37.8 Å². The molecule has 0 saturated heterocycles. The molecule has 4 heteroatoms. The summed E-state index contributed by atoms with van der Waals surface area (Å²) in [6.07, 6.45) is 1.76. The third-order valence-electron chi connectivity index (χ3n) is 3.60. The van der Waals surface area contributed by atoms with E-state index < -0.39 is 0 Å². The van der Waals surface area contributed by atoms with Crippen molar-refractivity contribution in [2.75, 3.05) is 19.8 Å². The fraction of sp³-hybridized carbons (Fsp3) is 0.588. The summed E-state index contributed by atoms with van der Waals surface area (Å²) in [7, 11) is 0. The zero-order chi connectivity index (χ0) is 15.8. The van der Waals surface area contributed by atoms with Crippen molar-refractivity contribution in [2.45, 2.75) is 46.6 Å². The van der Waals surface area contributed by atoms with Crippen LogP contribution in [0.15, 0.2) is 18.2 Å². The van der Waals surface area contributed by atoms with Gasteiger partial charge in [-0.1, -0.05) is 19.9 Å². The number of amides is 1. The maximum absolute atomic E-state index is 12.3. The van der Waals surface area contributed by atoms with Crippen molar-refractivity contribution in [1.82, 2.24) is 4.90 Å². The van der Waals surface area contributed by atoms with Crippen molar-refractivity contribution in [3.8, 4) is 5.75 Å². The molecule has 0 aliphatic heterocycles. The molecule has 0 bridgehead atoms. The van der Waals surface area contributed by atoms with Crippen LogP contribution in [0.3, 0.4) is 0 Å². The van der Waals surface area contributed by atoms with Crippen LogP contribution < -0.4 is 4.74 Å². The fourth-order valence-corrected chi connectivity index (χ4v) is 2.59. The highest BCUT2D eigenvalue weighted by Crippen LogP contribution is 2.17. The molecule has 0 heterocycles. The van der Waals surface area contributed by atoms with Gasteiger partial charge in [0.2, 0.25) is 0 Å². The number of aliphatic hydroxyl groups is 1. The van der Waals surface area contributed by atoms with Crippen LogP contribution >= 0.6 is 0 Å². The number of aryl methyl sites for hydroxylation is 2. The molecule has 0 atom stereocenters. The number of aliphatic hydroxyl groups excluding tert-OH is 1. The van der Waals surface area contributed by atoms with Crippen molar-refractivity contribution in [3.63, 3.8) is 0 Å². The summed E-state index contributed by atoms with van der Waals surface area (Å²) in [6.45, 7) is 8.47. The Labute approximate surface area is 127 Å². The van der Waals surface area contributed by atoms with E-state index in [1.165, 1.54) is 0 Å². The van der Waals surface area contributed by atoms with E-state index in [2.05, 4.69) is 19.9 Å². The second-order valence-corrected chi connectivity index (χ2v) is 5.39. The Hall–Kier alpha value is -1.55. The minimum Gasteiger partial charge on any atom is -0.484 e. The van der Waals surface area contributed by atoms with E-state index in [-0.39, 0.29) is 25.2 Å². The highest BCUT2D eigenvalue weighted by Gasteiger charge is 2.20. The topological polar surface area (TPSA) is 49.8 Å². The van der Waals surface area contributed by atoms with Crippen LogP contribution in [0.25, 0.3) is 0 Å². The van der Waals surface area contributed by atoms with E-state index in [0.29, 0.717) is 12.3 Å². The molecule has 1 aromatic carbocycles. The van der Waals surface area contributed by atoms with Crippen LogP contribution in [-0.2, 0) is 4.79 Å². The predicted octanol–water partition coefficient (Wildman–Crippen LogP) is 2.69. The first-order valence-corrected chi connectivity index (χ1v) is 7.63. The maximum atomic E-state index is 12.3. The molecule has 0 spiro atoms. The standard InChI is InChI=1S/C17H27NO3/c1-5-15(6-2)18(7-8-19)17(20)12-21-16-10-13(3)9-14(4)11-16/h9-11,15,19H,5-8,12H2,1-4H3. The molecule has 1 amide bonds. The highest BCUT2D eigenvalue weighted by molar-refractivity contribution is 5.78. The van der Waals surface area contributed by atoms with E-state index in [9.17, 15) is 4.79 Å². The number of hydrogen-bond donors (Lipinski definition) is 1. The van der Waals surface area contributed by atoms with Gasteiger partial charge in [0.25, 0.3) is 5.91 Å². The van der Waals surface area contributed by atoms with Crippen LogP contribution in [0.4, 0.5) is 0 Å². The summed E-state index contributed by atoms with van der Waals surface area (Å²) < 4.78 is 5.62. The maximum Gasteiger partial charge on any atom is 0.260 e. The molecule has 0 fully saturated rings. The van der Waals surface area contributed by atoms with Gasteiger partial charge in [-0.25, -0.2) is 0 Å². The molecule has 0 aliphatic rings. The number of hydrogen-bond acceptors (Lipinski definition) is 3. The second kappa shape index (κ2) is 8.67. The number of ether oxygens (including phenoxy) is 1. The van der Waals surface area contributed by atoms with Gasteiger partial charge in [-0.2, -0.15) is 0 Å². The highest BCUT2D eigenvalue weighted by atomic mass is 16.5. The Morgan fingerprint density at radius 1 is 1.19 bits per heavy atom. The van der Waals surface area contributed by atoms with Gasteiger partial charge in [0.1, 0.15) is 5.75 Å². The Balaban J connectivity index is 2.68. The largest absolute Gasteiger partial charge is 0.484 e. The summed E-state index contributed by atoms with van der Waals surface area (Å²) in [5, 5.41) is 9.15. The molecule has 0 unspecified atom stereocenters. The van der Waals surface area contributed by atoms with Crippen molar-refractivity contribution in [3.05, 3.63) is 29.3 Å². The first-order chi connectivity index (χ1) is 10.0. The molecule has 1 aromatic rings. The Bertz CT molecular complexity index is 435. The average molecular weight is 293 g/mol. The summed E-state index contributed by atoms with van der Waals surface area (Å²) in [6, 6.07) is 6.07. The van der Waals surface area contributed by atoms with E-state index in [0.717, 1.165) is 24.0 Å². The fourth-order valence-electron chi connectivity index (χ4n) is 2.59. The molecule has 4 nitrogen and oxygen atoms in total. The zero-order valence-electron chi connectivity index (χ0n) is 13.6. The number of carbonyl (C=O) groups is 1. The number of rotatable bonds is 8. The van der Waals surface area contributed by atoms with E-state index >= 15 is 0 Å². The van der Waals surface area contributed by atoms with Gasteiger partial charge in [0.15, 0.2) is 6.61 Å². The summed E-state index contributed by atoms with van der Waals surface area (Å²) in [5.41, 5.74) is 2.23. The van der Waals surface area contributed by atoms with E-state index in [1.807, 2.05) is 26.0 Å². The Kier molecular flexibility index (Phi) is 7.23. The third-order valence-corrected chi connectivity index (χ3v) is 3.60. The average Bonchev–Trinajstić information content (AvgIpc) is 2.44. The van der Waals surface area contributed by atoms with Crippen LogP contribution in [0.5, 0.6) is 5.75 Å². The van der Waals surface area contributed by atoms with Crippen molar-refractivity contribution >= 4 is 5.91 Å². The third kappa shape index (κ3) is 5.38. The predicted molar refractivity (Wildman–Crippen MR) is 84.6 cm³/mol. The second-order valence-electron chi connectivity index (χ2n) is 5.39. The SMILES string of the molecule is CCC(CC)N(CCO)C(=O)COc1cc(C)cc(C)c1. The Morgan fingerprint density at radius 3 is 2.24 bits per heavy atom. The van der Waals surface area contributed by atoms with Gasteiger partial charge in [0, 0.05) is 12.6 Å². The molecule has 0 aromatic heterocycles. The van der Waals surface area contributed by atoms with Crippen LogP contribution in [-0.4, -0.2) is 41.7 Å². The summed E-state index contributed by atoms with van der Waals surface area (Å²) in [4.78, 5) is 14.1. The number of nitrogens with zero attached hydrogens (tertiary/aromatic N) is 1. The van der Waals surface area contributed by atoms with Crippen LogP contribution in [0, 0.1) is 13.8 Å². The molecule has 0 aliphatic carbocycles. The van der Waals surface area contributed by atoms with Crippen molar-refractivity contribution in [1.29, 1.82) is 0 Å². The first-order valence-electron chi connectivity index (χ1n) is 7.63. The molecular weight excluding hydrogens is 266 g/mol. The zero-order valence-corrected chi connectivity index (χ0v) is 13.6. The van der Waals surface area contributed by atoms with Gasteiger partial charge < -0.3 is 14.7 Å². The molecule has 0 radical (unpaired) electrons. The number of benzene rings is 1.